The fourth-order valence-corrected chi connectivity index (χ4v) is 4.47. The molecule has 2 rings (SSSR count). The van der Waals surface area contributed by atoms with Crippen molar-refractivity contribution in [1.82, 2.24) is 10.2 Å². The largest absolute Gasteiger partial charge is 0.314 e. The third kappa shape index (κ3) is 3.16. The Bertz CT molecular complexity index is 287. The van der Waals surface area contributed by atoms with Gasteiger partial charge in [-0.3, -0.25) is 4.90 Å². The molecule has 2 heteroatoms. The molecule has 1 aliphatic carbocycles. The molecule has 0 amide bonds. The molecule has 1 saturated heterocycles. The Kier molecular flexibility index (Phi) is 4.94. The van der Waals surface area contributed by atoms with E-state index in [4.69, 9.17) is 0 Å². The number of nitrogens with one attached hydrogen (secondary N) is 1. The summed E-state index contributed by atoms with van der Waals surface area (Å²) in [6, 6.07) is 2.25. The molecule has 4 atom stereocenters. The van der Waals surface area contributed by atoms with Crippen molar-refractivity contribution in [1.29, 1.82) is 0 Å². The van der Waals surface area contributed by atoms with E-state index in [1.165, 1.54) is 38.6 Å². The van der Waals surface area contributed by atoms with Crippen molar-refractivity contribution in [3.63, 3.8) is 0 Å². The van der Waals surface area contributed by atoms with Crippen LogP contribution in [0.3, 0.4) is 0 Å². The normalized spacial score (nSPS) is 40.3. The highest BCUT2D eigenvalue weighted by atomic mass is 15.2. The summed E-state index contributed by atoms with van der Waals surface area (Å²) in [6.45, 7) is 14.5. The molecule has 0 radical (unpaired) electrons. The highest BCUT2D eigenvalue weighted by Gasteiger charge is 2.42. The summed E-state index contributed by atoms with van der Waals surface area (Å²) in [5.41, 5.74) is 0.511. The first-order valence-corrected chi connectivity index (χ1v) is 8.46. The minimum atomic E-state index is 0.511. The van der Waals surface area contributed by atoms with Crippen molar-refractivity contribution >= 4 is 0 Å². The molecule has 1 N–H and O–H groups in total. The first-order valence-electron chi connectivity index (χ1n) is 8.46. The molecular weight excluding hydrogens is 232 g/mol. The predicted molar refractivity (Wildman–Crippen MR) is 83.5 cm³/mol. The van der Waals surface area contributed by atoms with E-state index in [1.807, 2.05) is 0 Å². The van der Waals surface area contributed by atoms with Crippen molar-refractivity contribution in [3.8, 4) is 0 Å². The van der Waals surface area contributed by atoms with Gasteiger partial charge in [-0.15, -0.1) is 0 Å². The summed E-state index contributed by atoms with van der Waals surface area (Å²) in [5.74, 6) is 0.770. The number of rotatable bonds is 3. The zero-order valence-corrected chi connectivity index (χ0v) is 13.7. The van der Waals surface area contributed by atoms with E-state index < -0.39 is 0 Å². The molecule has 2 aliphatic rings. The number of likely N-dealkylation sites (tertiary alicyclic amines) is 1. The van der Waals surface area contributed by atoms with E-state index in [0.717, 1.165) is 30.6 Å². The van der Waals surface area contributed by atoms with Crippen LogP contribution in [0.25, 0.3) is 0 Å². The van der Waals surface area contributed by atoms with Gasteiger partial charge in [-0.05, 0) is 44.1 Å². The maximum atomic E-state index is 3.68. The van der Waals surface area contributed by atoms with E-state index in [9.17, 15) is 0 Å². The monoisotopic (exact) mass is 266 g/mol. The summed E-state index contributed by atoms with van der Waals surface area (Å²) in [6.07, 6.45) is 7.01. The zero-order chi connectivity index (χ0) is 14.0. The minimum Gasteiger partial charge on any atom is -0.314 e. The van der Waals surface area contributed by atoms with Gasteiger partial charge in [0.1, 0.15) is 0 Å². The highest BCUT2D eigenvalue weighted by molar-refractivity contribution is 4.97. The molecular formula is C17H34N2. The molecule has 2 nitrogen and oxygen atoms in total. The molecule has 0 spiro atoms. The van der Waals surface area contributed by atoms with Crippen LogP contribution in [0.4, 0.5) is 0 Å². The first-order chi connectivity index (χ1) is 8.97. The van der Waals surface area contributed by atoms with Crippen molar-refractivity contribution in [2.45, 2.75) is 84.8 Å². The molecule has 1 heterocycles. The number of hydrogen-bond donors (Lipinski definition) is 1. The summed E-state index contributed by atoms with van der Waals surface area (Å²) < 4.78 is 0. The van der Waals surface area contributed by atoms with Gasteiger partial charge in [0.05, 0.1) is 0 Å². The van der Waals surface area contributed by atoms with E-state index >= 15 is 0 Å². The van der Waals surface area contributed by atoms with Gasteiger partial charge in [-0.1, -0.05) is 40.5 Å². The van der Waals surface area contributed by atoms with E-state index in [0.29, 0.717) is 5.41 Å². The topological polar surface area (TPSA) is 15.3 Å². The third-order valence-corrected chi connectivity index (χ3v) is 5.93. The average molecular weight is 266 g/mol. The lowest BCUT2D eigenvalue weighted by molar-refractivity contribution is -0.0224. The fourth-order valence-electron chi connectivity index (χ4n) is 4.47. The van der Waals surface area contributed by atoms with Crippen LogP contribution in [-0.2, 0) is 0 Å². The van der Waals surface area contributed by atoms with Crippen molar-refractivity contribution < 1.29 is 0 Å². The molecule has 2 fully saturated rings. The standard InChI is InChI=1S/C17H34N2/c1-6-18-15-10-12-19(14(3)13(15)2)16-9-7-8-11-17(16,4)5/h13-16,18H,6-12H2,1-5H3. The summed E-state index contributed by atoms with van der Waals surface area (Å²) in [5, 5.41) is 3.68. The van der Waals surface area contributed by atoms with Gasteiger partial charge >= 0.3 is 0 Å². The van der Waals surface area contributed by atoms with Crippen molar-refractivity contribution in [2.24, 2.45) is 11.3 Å². The van der Waals surface area contributed by atoms with Crippen LogP contribution in [0.15, 0.2) is 0 Å². The Labute approximate surface area is 120 Å². The Hall–Kier alpha value is -0.0800. The summed E-state index contributed by atoms with van der Waals surface area (Å²) in [7, 11) is 0. The fraction of sp³-hybridized carbons (Fsp3) is 1.00. The quantitative estimate of drug-likeness (QED) is 0.838. The lowest BCUT2D eigenvalue weighted by Crippen LogP contribution is -2.59. The highest BCUT2D eigenvalue weighted by Crippen LogP contribution is 2.41. The maximum Gasteiger partial charge on any atom is 0.0149 e. The summed E-state index contributed by atoms with van der Waals surface area (Å²) in [4.78, 5) is 2.84. The van der Waals surface area contributed by atoms with Gasteiger partial charge in [0.15, 0.2) is 0 Å². The van der Waals surface area contributed by atoms with Crippen LogP contribution in [-0.4, -0.2) is 36.1 Å². The molecule has 19 heavy (non-hydrogen) atoms. The zero-order valence-electron chi connectivity index (χ0n) is 13.7. The lowest BCUT2D eigenvalue weighted by atomic mass is 9.71. The minimum absolute atomic E-state index is 0.511. The SMILES string of the molecule is CCNC1CCN(C2CCCCC2(C)C)C(C)C1C. The molecule has 1 saturated carbocycles. The van der Waals surface area contributed by atoms with E-state index in [1.54, 1.807) is 0 Å². The Morgan fingerprint density at radius 3 is 2.53 bits per heavy atom. The second-order valence-electron chi connectivity index (χ2n) is 7.54. The van der Waals surface area contributed by atoms with Crippen molar-refractivity contribution in [2.75, 3.05) is 13.1 Å². The smallest absolute Gasteiger partial charge is 0.0149 e. The molecule has 1 aliphatic heterocycles. The average Bonchev–Trinajstić information content (AvgIpc) is 2.36. The van der Waals surface area contributed by atoms with Gasteiger partial charge in [-0.2, -0.15) is 0 Å². The van der Waals surface area contributed by atoms with Gasteiger partial charge in [-0.25, -0.2) is 0 Å². The van der Waals surface area contributed by atoms with Crippen LogP contribution in [0.2, 0.25) is 0 Å². The number of nitrogens with zero attached hydrogens (tertiary/aromatic N) is 1. The van der Waals surface area contributed by atoms with E-state index in [-0.39, 0.29) is 0 Å². The van der Waals surface area contributed by atoms with Crippen LogP contribution in [0.5, 0.6) is 0 Å². The number of hydrogen-bond acceptors (Lipinski definition) is 2. The molecule has 4 unspecified atom stereocenters. The van der Waals surface area contributed by atoms with Crippen LogP contribution < -0.4 is 5.32 Å². The van der Waals surface area contributed by atoms with E-state index in [2.05, 4.69) is 44.8 Å². The second kappa shape index (κ2) is 6.13. The molecule has 0 aromatic rings. The Morgan fingerprint density at radius 2 is 1.89 bits per heavy atom. The van der Waals surface area contributed by atoms with Crippen molar-refractivity contribution in [3.05, 3.63) is 0 Å². The predicted octanol–water partition coefficient (Wildman–Crippen LogP) is 3.66. The molecule has 0 aromatic heterocycles. The van der Waals surface area contributed by atoms with Crippen LogP contribution in [0, 0.1) is 11.3 Å². The Morgan fingerprint density at radius 1 is 1.16 bits per heavy atom. The first kappa shape index (κ1) is 15.3. The van der Waals surface area contributed by atoms with Crippen LogP contribution >= 0.6 is 0 Å². The molecule has 0 bridgehead atoms. The summed E-state index contributed by atoms with van der Waals surface area (Å²) >= 11 is 0. The Balaban J connectivity index is 2.05. The lowest BCUT2D eigenvalue weighted by Gasteiger charge is -2.52. The molecule has 112 valence electrons. The third-order valence-electron chi connectivity index (χ3n) is 5.93. The van der Waals surface area contributed by atoms with Gasteiger partial charge < -0.3 is 5.32 Å². The number of piperidine rings is 1. The molecule has 0 aromatic carbocycles. The maximum absolute atomic E-state index is 3.68. The van der Waals surface area contributed by atoms with Gasteiger partial charge in [0.25, 0.3) is 0 Å². The van der Waals surface area contributed by atoms with Crippen LogP contribution in [0.1, 0.15) is 66.7 Å². The van der Waals surface area contributed by atoms with Gasteiger partial charge in [0.2, 0.25) is 0 Å². The second-order valence-corrected chi connectivity index (χ2v) is 7.54. The van der Waals surface area contributed by atoms with Gasteiger partial charge in [0, 0.05) is 24.7 Å².